The van der Waals surface area contributed by atoms with Crippen molar-refractivity contribution in [2.24, 2.45) is 5.92 Å². The van der Waals surface area contributed by atoms with Crippen molar-refractivity contribution < 1.29 is 9.90 Å². The summed E-state index contributed by atoms with van der Waals surface area (Å²) >= 11 is 0. The highest BCUT2D eigenvalue weighted by Crippen LogP contribution is 2.25. The molecule has 2 aliphatic heterocycles. The molecule has 0 spiro atoms. The molecule has 0 aromatic heterocycles. The van der Waals surface area contributed by atoms with Gasteiger partial charge in [-0.3, -0.25) is 14.6 Å². The van der Waals surface area contributed by atoms with Gasteiger partial charge >= 0.3 is 5.97 Å². The zero-order valence-electron chi connectivity index (χ0n) is 12.4. The van der Waals surface area contributed by atoms with Crippen LogP contribution < -0.4 is 0 Å². The number of aliphatic carboxylic acids is 1. The molecule has 1 aromatic carbocycles. The van der Waals surface area contributed by atoms with Crippen LogP contribution >= 0.6 is 0 Å². The molecule has 0 radical (unpaired) electrons. The highest BCUT2D eigenvalue weighted by atomic mass is 16.4. The first-order valence-corrected chi connectivity index (χ1v) is 7.95. The first-order chi connectivity index (χ1) is 10.2. The highest BCUT2D eigenvalue weighted by molar-refractivity contribution is 5.70. The molecule has 1 atom stereocenters. The Labute approximate surface area is 126 Å². The SMILES string of the molecule is O=C(O)C1CCN(C2CCN(Cc3ccccc3)CC2)C1. The first kappa shape index (κ1) is 14.5. The number of hydrogen-bond acceptors (Lipinski definition) is 3. The summed E-state index contributed by atoms with van der Waals surface area (Å²) in [5.74, 6) is -0.772. The fourth-order valence-corrected chi connectivity index (χ4v) is 3.60. The zero-order valence-corrected chi connectivity index (χ0v) is 12.4. The Hall–Kier alpha value is -1.39. The van der Waals surface area contributed by atoms with Gasteiger partial charge in [-0.15, -0.1) is 0 Å². The average Bonchev–Trinajstić information content (AvgIpc) is 2.99. The lowest BCUT2D eigenvalue weighted by atomic mass is 10.0. The summed E-state index contributed by atoms with van der Waals surface area (Å²) in [6.07, 6.45) is 3.15. The first-order valence-electron chi connectivity index (χ1n) is 7.95. The second kappa shape index (κ2) is 6.58. The Bertz CT molecular complexity index is 469. The molecule has 0 amide bonds. The molecule has 4 nitrogen and oxygen atoms in total. The van der Waals surface area contributed by atoms with E-state index in [9.17, 15) is 4.79 Å². The topological polar surface area (TPSA) is 43.8 Å². The summed E-state index contributed by atoms with van der Waals surface area (Å²) in [5.41, 5.74) is 1.38. The summed E-state index contributed by atoms with van der Waals surface area (Å²) in [6.45, 7) is 4.98. The van der Waals surface area contributed by atoms with Gasteiger partial charge in [-0.05, 0) is 44.5 Å². The quantitative estimate of drug-likeness (QED) is 0.921. The zero-order chi connectivity index (χ0) is 14.7. The van der Waals surface area contributed by atoms with Crippen LogP contribution in [0.25, 0.3) is 0 Å². The lowest BCUT2D eigenvalue weighted by molar-refractivity contribution is -0.141. The number of likely N-dealkylation sites (tertiary alicyclic amines) is 2. The van der Waals surface area contributed by atoms with Crippen LogP contribution in [0.15, 0.2) is 30.3 Å². The Morgan fingerprint density at radius 2 is 1.81 bits per heavy atom. The Balaban J connectivity index is 1.46. The van der Waals surface area contributed by atoms with Crippen molar-refractivity contribution in [3.8, 4) is 0 Å². The smallest absolute Gasteiger partial charge is 0.307 e. The molecule has 4 heteroatoms. The lowest BCUT2D eigenvalue weighted by Gasteiger charge is -2.36. The van der Waals surface area contributed by atoms with Gasteiger partial charge in [0, 0.05) is 19.1 Å². The highest BCUT2D eigenvalue weighted by Gasteiger charge is 2.33. The van der Waals surface area contributed by atoms with Crippen LogP contribution in [0.5, 0.6) is 0 Å². The van der Waals surface area contributed by atoms with E-state index in [-0.39, 0.29) is 5.92 Å². The molecule has 2 heterocycles. The number of nitrogens with zero attached hydrogens (tertiary/aromatic N) is 2. The second-order valence-corrected chi connectivity index (χ2v) is 6.31. The van der Waals surface area contributed by atoms with Gasteiger partial charge in [-0.1, -0.05) is 30.3 Å². The minimum absolute atomic E-state index is 0.146. The van der Waals surface area contributed by atoms with E-state index in [0.717, 1.165) is 39.1 Å². The van der Waals surface area contributed by atoms with Gasteiger partial charge in [0.15, 0.2) is 0 Å². The number of benzene rings is 1. The molecule has 0 saturated carbocycles. The van der Waals surface area contributed by atoms with Crippen molar-refractivity contribution in [3.63, 3.8) is 0 Å². The van der Waals surface area contributed by atoms with Crippen LogP contribution in [0.2, 0.25) is 0 Å². The van der Waals surface area contributed by atoms with Crippen molar-refractivity contribution in [1.29, 1.82) is 0 Å². The number of rotatable bonds is 4. The summed E-state index contributed by atoms with van der Waals surface area (Å²) in [7, 11) is 0. The normalized spacial score (nSPS) is 25.2. The molecule has 1 aromatic rings. The molecule has 2 fully saturated rings. The Morgan fingerprint density at radius 3 is 2.43 bits per heavy atom. The summed E-state index contributed by atoms with van der Waals surface area (Å²) in [5, 5.41) is 9.10. The number of hydrogen-bond donors (Lipinski definition) is 1. The molecule has 1 N–H and O–H groups in total. The van der Waals surface area contributed by atoms with Crippen LogP contribution in [-0.4, -0.2) is 53.1 Å². The minimum atomic E-state index is -0.626. The maximum absolute atomic E-state index is 11.1. The Kier molecular flexibility index (Phi) is 4.56. The maximum atomic E-state index is 11.1. The van der Waals surface area contributed by atoms with E-state index in [2.05, 4.69) is 40.1 Å². The molecular weight excluding hydrogens is 264 g/mol. The van der Waals surface area contributed by atoms with E-state index in [0.29, 0.717) is 6.04 Å². The van der Waals surface area contributed by atoms with Gasteiger partial charge < -0.3 is 5.11 Å². The number of carboxylic acids is 1. The lowest BCUT2D eigenvalue weighted by Crippen LogP contribution is -2.44. The van der Waals surface area contributed by atoms with E-state index in [4.69, 9.17) is 5.11 Å². The predicted molar refractivity (Wildman–Crippen MR) is 82.1 cm³/mol. The average molecular weight is 288 g/mol. The third kappa shape index (κ3) is 3.63. The molecule has 0 bridgehead atoms. The van der Waals surface area contributed by atoms with Crippen LogP contribution in [0.4, 0.5) is 0 Å². The minimum Gasteiger partial charge on any atom is -0.481 e. The molecule has 3 rings (SSSR count). The van der Waals surface area contributed by atoms with Gasteiger partial charge in [0.2, 0.25) is 0 Å². The van der Waals surface area contributed by atoms with Crippen molar-refractivity contribution in [1.82, 2.24) is 9.80 Å². The van der Waals surface area contributed by atoms with Crippen molar-refractivity contribution in [2.75, 3.05) is 26.2 Å². The van der Waals surface area contributed by atoms with Crippen LogP contribution in [0.1, 0.15) is 24.8 Å². The monoisotopic (exact) mass is 288 g/mol. The fourth-order valence-electron chi connectivity index (χ4n) is 3.60. The van der Waals surface area contributed by atoms with E-state index >= 15 is 0 Å². The maximum Gasteiger partial charge on any atom is 0.307 e. The van der Waals surface area contributed by atoms with Gasteiger partial charge in [-0.2, -0.15) is 0 Å². The van der Waals surface area contributed by atoms with Crippen molar-refractivity contribution in [3.05, 3.63) is 35.9 Å². The number of carboxylic acid groups (broad SMARTS) is 1. The van der Waals surface area contributed by atoms with E-state index < -0.39 is 5.97 Å². The van der Waals surface area contributed by atoms with Crippen LogP contribution in [-0.2, 0) is 11.3 Å². The number of piperidine rings is 1. The summed E-state index contributed by atoms with van der Waals surface area (Å²) in [6, 6.07) is 11.2. The molecule has 1 unspecified atom stereocenters. The number of carbonyl (C=O) groups is 1. The van der Waals surface area contributed by atoms with E-state index in [1.54, 1.807) is 0 Å². The molecular formula is C17H24N2O2. The molecule has 21 heavy (non-hydrogen) atoms. The van der Waals surface area contributed by atoms with Crippen molar-refractivity contribution in [2.45, 2.75) is 31.8 Å². The van der Waals surface area contributed by atoms with Crippen LogP contribution in [0, 0.1) is 5.92 Å². The van der Waals surface area contributed by atoms with Gasteiger partial charge in [0.1, 0.15) is 0 Å². The predicted octanol–water partition coefficient (Wildman–Crippen LogP) is 2.06. The van der Waals surface area contributed by atoms with E-state index in [1.165, 1.54) is 18.4 Å². The summed E-state index contributed by atoms with van der Waals surface area (Å²) < 4.78 is 0. The van der Waals surface area contributed by atoms with Gasteiger partial charge in [-0.25, -0.2) is 0 Å². The Morgan fingerprint density at radius 1 is 1.10 bits per heavy atom. The third-order valence-corrected chi connectivity index (χ3v) is 4.89. The van der Waals surface area contributed by atoms with Gasteiger partial charge in [0.25, 0.3) is 0 Å². The standard InChI is InChI=1S/C17H24N2O2/c20-17(21)15-6-11-19(13-15)16-7-9-18(10-8-16)12-14-4-2-1-3-5-14/h1-5,15-16H,6-13H2,(H,20,21). The summed E-state index contributed by atoms with van der Waals surface area (Å²) in [4.78, 5) is 16.0. The van der Waals surface area contributed by atoms with Gasteiger partial charge in [0.05, 0.1) is 5.92 Å². The fraction of sp³-hybridized carbons (Fsp3) is 0.588. The molecule has 114 valence electrons. The molecule has 0 aliphatic carbocycles. The van der Waals surface area contributed by atoms with Crippen LogP contribution in [0.3, 0.4) is 0 Å². The second-order valence-electron chi connectivity index (χ2n) is 6.31. The third-order valence-electron chi connectivity index (χ3n) is 4.89. The van der Waals surface area contributed by atoms with E-state index in [1.807, 2.05) is 0 Å². The largest absolute Gasteiger partial charge is 0.481 e. The molecule has 2 saturated heterocycles. The van der Waals surface area contributed by atoms with Crippen molar-refractivity contribution >= 4 is 5.97 Å². The molecule has 2 aliphatic rings.